The quantitative estimate of drug-likeness (QED) is 0.864. The van der Waals surface area contributed by atoms with Crippen LogP contribution in [0.15, 0.2) is 24.3 Å². The lowest BCUT2D eigenvalue weighted by Gasteiger charge is -2.11. The number of carboxylic acid groups (broad SMARTS) is 1. The summed E-state index contributed by atoms with van der Waals surface area (Å²) in [7, 11) is 0. The van der Waals surface area contributed by atoms with Gasteiger partial charge in [-0.25, -0.2) is 9.97 Å². The lowest BCUT2D eigenvalue weighted by Crippen LogP contribution is -2.14. The summed E-state index contributed by atoms with van der Waals surface area (Å²) in [6.07, 6.45) is 0. The van der Waals surface area contributed by atoms with Crippen LogP contribution in [0.3, 0.4) is 0 Å². The van der Waals surface area contributed by atoms with Gasteiger partial charge in [-0.2, -0.15) is 0 Å². The number of fused-ring (bicyclic) bond motifs is 1. The van der Waals surface area contributed by atoms with Gasteiger partial charge in [0.1, 0.15) is 18.2 Å². The molecule has 18 heavy (non-hydrogen) atoms. The predicted octanol–water partition coefficient (Wildman–Crippen LogP) is 2.25. The Balaban J connectivity index is 2.50. The molecule has 1 aromatic heterocycles. The van der Waals surface area contributed by atoms with Crippen LogP contribution in [0.2, 0.25) is 0 Å². The van der Waals surface area contributed by atoms with E-state index in [1.54, 1.807) is 0 Å². The van der Waals surface area contributed by atoms with Gasteiger partial charge in [0.2, 0.25) is 0 Å². The smallest absolute Gasteiger partial charge is 0.322 e. The van der Waals surface area contributed by atoms with E-state index in [1.807, 2.05) is 38.1 Å². The van der Waals surface area contributed by atoms with Gasteiger partial charge in [-0.3, -0.25) is 4.79 Å². The summed E-state index contributed by atoms with van der Waals surface area (Å²) in [5.41, 5.74) is 0.823. The summed E-state index contributed by atoms with van der Waals surface area (Å²) in [5.74, 6) is 0.567. The molecule has 2 rings (SSSR count). The predicted molar refractivity (Wildman–Crippen MR) is 69.8 cm³/mol. The number of aromatic nitrogens is 2. The van der Waals surface area contributed by atoms with Gasteiger partial charge in [-0.1, -0.05) is 26.0 Å². The first kappa shape index (κ1) is 12.3. The van der Waals surface area contributed by atoms with Crippen LogP contribution in [0.5, 0.6) is 0 Å². The van der Waals surface area contributed by atoms with E-state index in [2.05, 4.69) is 15.3 Å². The Kier molecular flexibility index (Phi) is 3.41. The molecule has 94 valence electrons. The van der Waals surface area contributed by atoms with Crippen LogP contribution < -0.4 is 5.32 Å². The number of rotatable bonds is 4. The van der Waals surface area contributed by atoms with Crippen molar-refractivity contribution in [2.75, 3.05) is 11.9 Å². The van der Waals surface area contributed by atoms with Crippen molar-refractivity contribution < 1.29 is 9.90 Å². The summed E-state index contributed by atoms with van der Waals surface area (Å²) in [6, 6.07) is 7.56. The van der Waals surface area contributed by atoms with Gasteiger partial charge in [-0.05, 0) is 12.1 Å². The van der Waals surface area contributed by atoms with Crippen LogP contribution in [-0.2, 0) is 4.79 Å². The number of para-hydroxylation sites is 1. The number of nitrogens with one attached hydrogen (secondary N) is 1. The lowest BCUT2D eigenvalue weighted by molar-refractivity contribution is -0.134. The van der Waals surface area contributed by atoms with E-state index < -0.39 is 5.97 Å². The molecule has 0 aliphatic carbocycles. The van der Waals surface area contributed by atoms with Crippen LogP contribution in [0.25, 0.3) is 10.9 Å². The van der Waals surface area contributed by atoms with E-state index in [1.165, 1.54) is 0 Å². The molecule has 0 aliphatic heterocycles. The van der Waals surface area contributed by atoms with Gasteiger partial charge in [0, 0.05) is 11.3 Å². The first-order valence-corrected chi connectivity index (χ1v) is 5.80. The Labute approximate surface area is 105 Å². The maximum absolute atomic E-state index is 10.6. The average molecular weight is 245 g/mol. The van der Waals surface area contributed by atoms with Gasteiger partial charge in [-0.15, -0.1) is 0 Å². The minimum Gasteiger partial charge on any atom is -0.480 e. The number of anilines is 1. The number of hydrogen-bond acceptors (Lipinski definition) is 4. The fourth-order valence-electron chi connectivity index (χ4n) is 1.65. The highest BCUT2D eigenvalue weighted by Crippen LogP contribution is 2.22. The van der Waals surface area contributed by atoms with Crippen LogP contribution in [0.1, 0.15) is 25.6 Å². The number of hydrogen-bond donors (Lipinski definition) is 2. The number of aliphatic carboxylic acids is 1. The molecule has 0 spiro atoms. The zero-order valence-electron chi connectivity index (χ0n) is 10.3. The average Bonchev–Trinajstić information content (AvgIpc) is 2.35. The minimum absolute atomic E-state index is 0.154. The van der Waals surface area contributed by atoms with Crippen molar-refractivity contribution >= 4 is 22.7 Å². The Morgan fingerprint density at radius 2 is 2.06 bits per heavy atom. The van der Waals surface area contributed by atoms with Gasteiger partial charge >= 0.3 is 5.97 Å². The second-order valence-corrected chi connectivity index (χ2v) is 4.35. The number of carboxylic acids is 1. The van der Waals surface area contributed by atoms with Crippen molar-refractivity contribution in [3.63, 3.8) is 0 Å². The normalized spacial score (nSPS) is 10.8. The summed E-state index contributed by atoms with van der Waals surface area (Å²) in [4.78, 5) is 19.5. The fourth-order valence-corrected chi connectivity index (χ4v) is 1.65. The molecule has 0 saturated carbocycles. The molecule has 0 bridgehead atoms. The fraction of sp³-hybridized carbons (Fsp3) is 0.308. The van der Waals surface area contributed by atoms with Gasteiger partial charge < -0.3 is 10.4 Å². The largest absolute Gasteiger partial charge is 0.480 e. The first-order valence-electron chi connectivity index (χ1n) is 5.80. The molecule has 5 heteroatoms. The van der Waals surface area contributed by atoms with Crippen LogP contribution >= 0.6 is 0 Å². The number of nitrogens with zero attached hydrogens (tertiary/aromatic N) is 2. The van der Waals surface area contributed by atoms with Gasteiger partial charge in [0.25, 0.3) is 0 Å². The molecule has 0 saturated heterocycles. The molecule has 0 fully saturated rings. The molecule has 5 nitrogen and oxygen atoms in total. The third-order valence-electron chi connectivity index (χ3n) is 2.54. The van der Waals surface area contributed by atoms with Crippen molar-refractivity contribution in [3.8, 4) is 0 Å². The van der Waals surface area contributed by atoms with Crippen molar-refractivity contribution in [2.45, 2.75) is 19.8 Å². The molecule has 0 aliphatic rings. The Morgan fingerprint density at radius 3 is 2.72 bits per heavy atom. The van der Waals surface area contributed by atoms with Crippen LogP contribution in [-0.4, -0.2) is 27.6 Å². The monoisotopic (exact) mass is 245 g/mol. The molecule has 0 amide bonds. The van der Waals surface area contributed by atoms with Gasteiger partial charge in [0.05, 0.1) is 5.52 Å². The molecule has 0 radical (unpaired) electrons. The molecule has 0 unspecified atom stereocenters. The summed E-state index contributed by atoms with van der Waals surface area (Å²) in [5, 5.41) is 12.4. The van der Waals surface area contributed by atoms with E-state index in [-0.39, 0.29) is 12.5 Å². The highest BCUT2D eigenvalue weighted by atomic mass is 16.4. The van der Waals surface area contributed by atoms with E-state index in [0.717, 1.165) is 10.9 Å². The molecule has 2 aromatic rings. The number of carbonyl (C=O) groups is 1. The van der Waals surface area contributed by atoms with Crippen molar-refractivity contribution in [1.82, 2.24) is 9.97 Å². The Hall–Kier alpha value is -2.17. The molecule has 1 aromatic carbocycles. The molecular formula is C13H15N3O2. The standard InChI is InChI=1S/C13H15N3O2/c1-8(2)12-15-10-6-4-3-5-9(10)13(16-12)14-7-11(17)18/h3-6,8H,7H2,1-2H3,(H,17,18)(H,14,15,16). The SMILES string of the molecule is CC(C)c1nc(NCC(=O)O)c2ccccc2n1. The van der Waals surface area contributed by atoms with Gasteiger partial charge in [0.15, 0.2) is 0 Å². The second-order valence-electron chi connectivity index (χ2n) is 4.35. The maximum atomic E-state index is 10.6. The zero-order chi connectivity index (χ0) is 13.1. The summed E-state index contributed by atoms with van der Waals surface area (Å²) >= 11 is 0. The van der Waals surface area contributed by atoms with Crippen LogP contribution in [0, 0.1) is 0 Å². The maximum Gasteiger partial charge on any atom is 0.322 e. The first-order chi connectivity index (χ1) is 8.58. The van der Waals surface area contributed by atoms with Crippen molar-refractivity contribution in [2.24, 2.45) is 0 Å². The van der Waals surface area contributed by atoms with E-state index in [0.29, 0.717) is 11.6 Å². The third-order valence-corrected chi connectivity index (χ3v) is 2.54. The second kappa shape index (κ2) is 5.00. The summed E-state index contributed by atoms with van der Waals surface area (Å²) in [6.45, 7) is 3.86. The summed E-state index contributed by atoms with van der Waals surface area (Å²) < 4.78 is 0. The number of benzene rings is 1. The van der Waals surface area contributed by atoms with E-state index in [9.17, 15) is 4.79 Å². The topological polar surface area (TPSA) is 75.1 Å². The molecule has 1 heterocycles. The highest BCUT2D eigenvalue weighted by Gasteiger charge is 2.10. The third kappa shape index (κ3) is 2.56. The lowest BCUT2D eigenvalue weighted by atomic mass is 10.1. The van der Waals surface area contributed by atoms with E-state index >= 15 is 0 Å². The van der Waals surface area contributed by atoms with E-state index in [4.69, 9.17) is 5.11 Å². The highest BCUT2D eigenvalue weighted by molar-refractivity contribution is 5.90. The minimum atomic E-state index is -0.913. The van der Waals surface area contributed by atoms with Crippen molar-refractivity contribution in [3.05, 3.63) is 30.1 Å². The Morgan fingerprint density at radius 1 is 1.33 bits per heavy atom. The van der Waals surface area contributed by atoms with Crippen LogP contribution in [0.4, 0.5) is 5.82 Å². The molecular weight excluding hydrogens is 230 g/mol. The Bertz CT molecular complexity index is 581. The van der Waals surface area contributed by atoms with Crippen molar-refractivity contribution in [1.29, 1.82) is 0 Å². The molecule has 2 N–H and O–H groups in total. The zero-order valence-corrected chi connectivity index (χ0v) is 10.3. The molecule has 0 atom stereocenters.